The number of rotatable bonds is 8. The highest BCUT2D eigenvalue weighted by Crippen LogP contribution is 2.31. The highest BCUT2D eigenvalue weighted by molar-refractivity contribution is 7.89. The minimum absolute atomic E-state index is 0.0552. The Hall–Kier alpha value is -2.58. The Morgan fingerprint density at radius 3 is 2.48 bits per heavy atom. The average molecular weight is 447 g/mol. The van der Waals surface area contributed by atoms with E-state index < -0.39 is 16.1 Å². The molecule has 8 heteroatoms. The lowest BCUT2D eigenvalue weighted by molar-refractivity contribution is -0.122. The number of hydrogen-bond acceptors (Lipinski definition) is 5. The molecule has 0 aliphatic carbocycles. The summed E-state index contributed by atoms with van der Waals surface area (Å²) in [5.74, 6) is 0.554. The van der Waals surface area contributed by atoms with Crippen LogP contribution in [0.5, 0.6) is 11.5 Å². The summed E-state index contributed by atoms with van der Waals surface area (Å²) < 4.78 is 38.9. The number of amides is 1. The topological polar surface area (TPSA) is 84.9 Å². The fraction of sp³-hybridized carbons (Fsp3) is 0.435. The van der Waals surface area contributed by atoms with Crippen LogP contribution in [-0.2, 0) is 21.2 Å². The third kappa shape index (κ3) is 5.37. The van der Waals surface area contributed by atoms with Gasteiger partial charge < -0.3 is 14.8 Å². The van der Waals surface area contributed by atoms with E-state index in [1.807, 2.05) is 31.2 Å². The number of anilines is 1. The van der Waals surface area contributed by atoms with Crippen molar-refractivity contribution in [3.63, 3.8) is 0 Å². The van der Waals surface area contributed by atoms with Gasteiger partial charge in [-0.25, -0.2) is 8.42 Å². The average Bonchev–Trinajstić information content (AvgIpc) is 2.79. The van der Waals surface area contributed by atoms with Gasteiger partial charge in [-0.3, -0.25) is 4.79 Å². The van der Waals surface area contributed by atoms with Crippen LogP contribution in [0.25, 0.3) is 0 Å². The van der Waals surface area contributed by atoms with E-state index >= 15 is 0 Å². The Balaban J connectivity index is 1.78. The number of carbonyl (C=O) groups is 1. The second kappa shape index (κ2) is 10.2. The van der Waals surface area contributed by atoms with E-state index in [0.29, 0.717) is 24.5 Å². The number of methoxy groups -OCH3 is 1. The fourth-order valence-electron chi connectivity index (χ4n) is 3.60. The smallest absolute Gasteiger partial charge is 0.265 e. The van der Waals surface area contributed by atoms with Crippen LogP contribution in [0, 0.1) is 0 Å². The molecule has 0 saturated carbocycles. The van der Waals surface area contributed by atoms with Crippen LogP contribution in [0.3, 0.4) is 0 Å². The largest absolute Gasteiger partial charge is 0.495 e. The standard InChI is InChI=1S/C23H30N2O5S/c1-4-18-10-6-7-11-20(18)30-17(2)23(26)24-19-12-13-21(29-3)22(16-19)31(27,28)25-14-8-5-9-15-25/h6-7,10-13,16-17H,4-5,8-9,14-15H2,1-3H3,(H,24,26)/t17-/m1/s1. The van der Waals surface area contributed by atoms with Crippen molar-refractivity contribution in [1.82, 2.24) is 4.31 Å². The van der Waals surface area contributed by atoms with E-state index in [1.165, 1.54) is 17.5 Å². The molecule has 1 saturated heterocycles. The van der Waals surface area contributed by atoms with Crippen molar-refractivity contribution >= 4 is 21.6 Å². The van der Waals surface area contributed by atoms with Gasteiger partial charge in [-0.2, -0.15) is 4.31 Å². The Labute approximate surface area is 184 Å². The lowest BCUT2D eigenvalue weighted by Crippen LogP contribution is -2.36. The van der Waals surface area contributed by atoms with Crippen molar-refractivity contribution in [3.8, 4) is 11.5 Å². The van der Waals surface area contributed by atoms with Gasteiger partial charge in [-0.1, -0.05) is 31.5 Å². The number of nitrogens with zero attached hydrogens (tertiary/aromatic N) is 1. The molecular formula is C23H30N2O5S. The number of benzene rings is 2. The zero-order valence-corrected chi connectivity index (χ0v) is 19.1. The Kier molecular flexibility index (Phi) is 7.56. The molecule has 1 N–H and O–H groups in total. The predicted octanol–water partition coefficient (Wildman–Crippen LogP) is 3.84. The molecular weight excluding hydrogens is 416 g/mol. The molecule has 1 atom stereocenters. The van der Waals surface area contributed by atoms with E-state index in [-0.39, 0.29) is 16.6 Å². The molecule has 31 heavy (non-hydrogen) atoms. The molecule has 0 spiro atoms. The van der Waals surface area contributed by atoms with Crippen molar-refractivity contribution in [2.24, 2.45) is 0 Å². The molecule has 0 unspecified atom stereocenters. The van der Waals surface area contributed by atoms with Crippen molar-refractivity contribution in [1.29, 1.82) is 0 Å². The van der Waals surface area contributed by atoms with Crippen molar-refractivity contribution in [3.05, 3.63) is 48.0 Å². The van der Waals surface area contributed by atoms with Gasteiger partial charge in [0, 0.05) is 18.8 Å². The third-order valence-corrected chi connectivity index (χ3v) is 7.31. The van der Waals surface area contributed by atoms with Gasteiger partial charge in [-0.05, 0) is 56.0 Å². The first-order valence-corrected chi connectivity index (χ1v) is 12.0. The highest BCUT2D eigenvalue weighted by atomic mass is 32.2. The van der Waals surface area contributed by atoms with Crippen LogP contribution in [-0.4, -0.2) is 44.9 Å². The number of para-hydroxylation sites is 1. The van der Waals surface area contributed by atoms with Crippen LogP contribution in [0.4, 0.5) is 5.69 Å². The SMILES string of the molecule is CCc1ccccc1O[C@H](C)C(=O)Nc1ccc(OC)c(S(=O)(=O)N2CCCCC2)c1. The molecule has 1 heterocycles. The van der Waals surface area contributed by atoms with Gasteiger partial charge in [0.05, 0.1) is 7.11 Å². The number of hydrogen-bond donors (Lipinski definition) is 1. The molecule has 1 aliphatic rings. The Morgan fingerprint density at radius 2 is 1.81 bits per heavy atom. The van der Waals surface area contributed by atoms with Gasteiger partial charge in [0.15, 0.2) is 6.10 Å². The summed E-state index contributed by atoms with van der Waals surface area (Å²) in [6.07, 6.45) is 2.74. The molecule has 168 valence electrons. The zero-order chi connectivity index (χ0) is 22.4. The van der Waals surface area contributed by atoms with Gasteiger partial charge in [0.2, 0.25) is 10.0 Å². The first-order chi connectivity index (χ1) is 14.9. The number of ether oxygens (including phenoxy) is 2. The Morgan fingerprint density at radius 1 is 1.10 bits per heavy atom. The molecule has 3 rings (SSSR count). The molecule has 7 nitrogen and oxygen atoms in total. The monoisotopic (exact) mass is 446 g/mol. The van der Waals surface area contributed by atoms with Crippen LogP contribution in [0.15, 0.2) is 47.4 Å². The number of carbonyl (C=O) groups excluding carboxylic acids is 1. The number of aryl methyl sites for hydroxylation is 1. The van der Waals surface area contributed by atoms with Gasteiger partial charge in [0.25, 0.3) is 5.91 Å². The van der Waals surface area contributed by atoms with Crippen LogP contribution >= 0.6 is 0 Å². The summed E-state index contributed by atoms with van der Waals surface area (Å²) in [5.41, 5.74) is 1.39. The normalized spacial score (nSPS) is 15.8. The summed E-state index contributed by atoms with van der Waals surface area (Å²) in [7, 11) is -2.28. The van der Waals surface area contributed by atoms with E-state index in [0.717, 1.165) is 31.2 Å². The van der Waals surface area contributed by atoms with Crippen molar-refractivity contribution in [2.75, 3.05) is 25.5 Å². The molecule has 0 bridgehead atoms. The lowest BCUT2D eigenvalue weighted by atomic mass is 10.1. The number of sulfonamides is 1. The van der Waals surface area contributed by atoms with Gasteiger partial charge in [0.1, 0.15) is 16.4 Å². The van der Waals surface area contributed by atoms with Crippen LogP contribution in [0.2, 0.25) is 0 Å². The summed E-state index contributed by atoms with van der Waals surface area (Å²) in [5, 5.41) is 2.76. The zero-order valence-electron chi connectivity index (χ0n) is 18.3. The summed E-state index contributed by atoms with van der Waals surface area (Å²) in [4.78, 5) is 12.8. The first kappa shape index (κ1) is 23.1. The third-order valence-electron chi connectivity index (χ3n) is 5.39. The van der Waals surface area contributed by atoms with Gasteiger partial charge in [-0.15, -0.1) is 0 Å². The molecule has 2 aromatic rings. The molecule has 1 amide bonds. The lowest BCUT2D eigenvalue weighted by Gasteiger charge is -2.26. The minimum Gasteiger partial charge on any atom is -0.495 e. The number of piperidine rings is 1. The quantitative estimate of drug-likeness (QED) is 0.666. The minimum atomic E-state index is -3.72. The van der Waals surface area contributed by atoms with E-state index in [4.69, 9.17) is 9.47 Å². The van der Waals surface area contributed by atoms with Gasteiger partial charge >= 0.3 is 0 Å². The summed E-state index contributed by atoms with van der Waals surface area (Å²) in [6, 6.07) is 12.2. The van der Waals surface area contributed by atoms with Crippen LogP contribution < -0.4 is 14.8 Å². The highest BCUT2D eigenvalue weighted by Gasteiger charge is 2.29. The van der Waals surface area contributed by atoms with Crippen LogP contribution in [0.1, 0.15) is 38.7 Å². The maximum atomic E-state index is 13.2. The second-order valence-electron chi connectivity index (χ2n) is 7.54. The second-order valence-corrected chi connectivity index (χ2v) is 9.45. The Bertz CT molecular complexity index is 1020. The molecule has 1 aliphatic heterocycles. The fourth-order valence-corrected chi connectivity index (χ4v) is 5.30. The maximum absolute atomic E-state index is 13.2. The summed E-state index contributed by atoms with van der Waals surface area (Å²) in [6.45, 7) is 4.67. The van der Waals surface area contributed by atoms with E-state index in [2.05, 4.69) is 5.32 Å². The number of nitrogens with one attached hydrogen (secondary N) is 1. The molecule has 1 fully saturated rings. The van der Waals surface area contributed by atoms with Crippen molar-refractivity contribution < 1.29 is 22.7 Å². The molecule has 0 radical (unpaired) electrons. The van der Waals surface area contributed by atoms with Crippen molar-refractivity contribution in [2.45, 2.75) is 50.5 Å². The summed E-state index contributed by atoms with van der Waals surface area (Å²) >= 11 is 0. The predicted molar refractivity (Wildman–Crippen MR) is 120 cm³/mol. The van der Waals surface area contributed by atoms with E-state index in [9.17, 15) is 13.2 Å². The molecule has 0 aromatic heterocycles. The van der Waals surface area contributed by atoms with E-state index in [1.54, 1.807) is 19.1 Å². The maximum Gasteiger partial charge on any atom is 0.265 e. The first-order valence-electron chi connectivity index (χ1n) is 10.6. The molecule has 2 aromatic carbocycles.